The Morgan fingerprint density at radius 3 is 1.95 bits per heavy atom. The van der Waals surface area contributed by atoms with E-state index in [0.29, 0.717) is 25.9 Å². The van der Waals surface area contributed by atoms with E-state index in [-0.39, 0.29) is 31.3 Å². The maximum Gasteiger partial charge on any atom is 0.392 e. The Balaban J connectivity index is 2.21. The Hall–Kier alpha value is -1.27. The van der Waals surface area contributed by atoms with E-state index < -0.39 is 17.5 Å². The molecule has 2 rings (SSSR count). The summed E-state index contributed by atoms with van der Waals surface area (Å²) in [5.74, 6) is -1.66. The summed E-state index contributed by atoms with van der Waals surface area (Å²) in [7, 11) is 0. The summed E-state index contributed by atoms with van der Waals surface area (Å²) in [5, 5.41) is 0. The van der Waals surface area contributed by atoms with Crippen LogP contribution in [0.3, 0.4) is 0 Å². The number of halogens is 3. The van der Waals surface area contributed by atoms with Gasteiger partial charge in [0.05, 0.1) is 5.92 Å². The van der Waals surface area contributed by atoms with Gasteiger partial charge in [-0.15, -0.1) is 0 Å². The number of hydrogen-bond donors (Lipinski definition) is 0. The van der Waals surface area contributed by atoms with E-state index in [1.54, 1.807) is 4.90 Å². The standard InChI is InChI=1S/C14H21F3N2O2/c1-10(20)18-7-4-13(5-8-18)9-19(11(2)21)6-3-12(13)14(15,16)17/h12H,3-9H2,1-2H3/t12-/m1/s1. The van der Waals surface area contributed by atoms with Crippen LogP contribution in [-0.2, 0) is 9.59 Å². The summed E-state index contributed by atoms with van der Waals surface area (Å²) < 4.78 is 40.1. The zero-order chi connectivity index (χ0) is 15.8. The maximum atomic E-state index is 13.4. The van der Waals surface area contributed by atoms with Crippen LogP contribution in [0.1, 0.15) is 33.1 Å². The molecule has 0 aliphatic carbocycles. The van der Waals surface area contributed by atoms with Crippen molar-refractivity contribution >= 4 is 11.8 Å². The predicted molar refractivity (Wildman–Crippen MR) is 70.3 cm³/mol. The molecule has 2 saturated heterocycles. The molecule has 2 aliphatic heterocycles. The number of alkyl halides is 3. The number of carbonyl (C=O) groups is 2. The Kier molecular flexibility index (Phi) is 4.22. The molecule has 7 heteroatoms. The van der Waals surface area contributed by atoms with E-state index in [1.165, 1.54) is 18.7 Å². The molecule has 0 N–H and O–H groups in total. The second-order valence-corrected chi connectivity index (χ2v) is 6.19. The van der Waals surface area contributed by atoms with Crippen LogP contribution in [0.15, 0.2) is 0 Å². The van der Waals surface area contributed by atoms with Gasteiger partial charge >= 0.3 is 6.18 Å². The highest BCUT2D eigenvalue weighted by Gasteiger charge is 2.56. The molecule has 1 spiro atoms. The minimum Gasteiger partial charge on any atom is -0.343 e. The van der Waals surface area contributed by atoms with Gasteiger partial charge < -0.3 is 9.80 Å². The monoisotopic (exact) mass is 306 g/mol. The molecule has 2 fully saturated rings. The minimum atomic E-state index is -4.25. The largest absolute Gasteiger partial charge is 0.392 e. The highest BCUT2D eigenvalue weighted by Crippen LogP contribution is 2.51. The van der Waals surface area contributed by atoms with Crippen LogP contribution in [0.25, 0.3) is 0 Å². The van der Waals surface area contributed by atoms with Crippen LogP contribution in [-0.4, -0.2) is 54.0 Å². The topological polar surface area (TPSA) is 40.6 Å². The number of rotatable bonds is 0. The van der Waals surface area contributed by atoms with Gasteiger partial charge in [0.15, 0.2) is 0 Å². The summed E-state index contributed by atoms with van der Waals surface area (Å²) in [4.78, 5) is 26.0. The number of amides is 2. The molecule has 2 aliphatic rings. The van der Waals surface area contributed by atoms with Gasteiger partial charge in [-0.1, -0.05) is 0 Å². The van der Waals surface area contributed by atoms with Crippen molar-refractivity contribution in [2.75, 3.05) is 26.2 Å². The SMILES string of the molecule is CC(=O)N1CCC2(CC1)CN(C(C)=O)CC[C@H]2C(F)(F)F. The molecule has 0 aromatic heterocycles. The molecule has 21 heavy (non-hydrogen) atoms. The fraction of sp³-hybridized carbons (Fsp3) is 0.857. The first-order valence-corrected chi connectivity index (χ1v) is 7.23. The van der Waals surface area contributed by atoms with Crippen molar-refractivity contribution < 1.29 is 22.8 Å². The average Bonchev–Trinajstić information content (AvgIpc) is 2.37. The molecule has 0 aromatic rings. The lowest BCUT2D eigenvalue weighted by molar-refractivity contribution is -0.230. The van der Waals surface area contributed by atoms with Crippen molar-refractivity contribution in [3.8, 4) is 0 Å². The first-order valence-electron chi connectivity index (χ1n) is 7.23. The highest BCUT2D eigenvalue weighted by atomic mass is 19.4. The third-order valence-corrected chi connectivity index (χ3v) is 4.98. The van der Waals surface area contributed by atoms with Crippen LogP contribution < -0.4 is 0 Å². The van der Waals surface area contributed by atoms with E-state index in [0.717, 1.165) is 0 Å². The van der Waals surface area contributed by atoms with Crippen molar-refractivity contribution in [3.05, 3.63) is 0 Å². The average molecular weight is 306 g/mol. The number of hydrogen-bond acceptors (Lipinski definition) is 2. The van der Waals surface area contributed by atoms with E-state index >= 15 is 0 Å². The highest BCUT2D eigenvalue weighted by molar-refractivity contribution is 5.74. The van der Waals surface area contributed by atoms with E-state index in [1.807, 2.05) is 0 Å². The molecule has 0 bridgehead atoms. The lowest BCUT2D eigenvalue weighted by Crippen LogP contribution is -2.58. The summed E-state index contributed by atoms with van der Waals surface area (Å²) >= 11 is 0. The zero-order valence-electron chi connectivity index (χ0n) is 12.4. The summed E-state index contributed by atoms with van der Waals surface area (Å²) in [6.45, 7) is 3.82. The van der Waals surface area contributed by atoms with Crippen molar-refractivity contribution in [1.82, 2.24) is 9.80 Å². The zero-order valence-corrected chi connectivity index (χ0v) is 12.4. The molecule has 2 amide bonds. The molecule has 1 atom stereocenters. The van der Waals surface area contributed by atoms with Gasteiger partial charge in [-0.2, -0.15) is 13.2 Å². The molecular weight excluding hydrogens is 285 g/mol. The van der Waals surface area contributed by atoms with Crippen LogP contribution in [0.4, 0.5) is 13.2 Å². The second kappa shape index (κ2) is 5.50. The third-order valence-electron chi connectivity index (χ3n) is 4.98. The Morgan fingerprint density at radius 2 is 1.52 bits per heavy atom. The number of carbonyl (C=O) groups excluding carboxylic acids is 2. The number of piperidine rings is 2. The molecule has 0 radical (unpaired) electrons. The fourth-order valence-corrected chi connectivity index (χ4v) is 3.71. The van der Waals surface area contributed by atoms with Crippen LogP contribution in [0.5, 0.6) is 0 Å². The summed E-state index contributed by atoms with van der Waals surface area (Å²) in [6.07, 6.45) is -3.68. The van der Waals surface area contributed by atoms with E-state index in [9.17, 15) is 22.8 Å². The van der Waals surface area contributed by atoms with E-state index in [4.69, 9.17) is 0 Å². The van der Waals surface area contributed by atoms with Crippen molar-refractivity contribution in [2.24, 2.45) is 11.3 Å². The first kappa shape index (κ1) is 16.1. The van der Waals surface area contributed by atoms with Gasteiger partial charge in [0.1, 0.15) is 0 Å². The Labute approximate surface area is 122 Å². The summed E-state index contributed by atoms with van der Waals surface area (Å²) in [5.41, 5.74) is -0.936. The molecule has 120 valence electrons. The smallest absolute Gasteiger partial charge is 0.343 e. The maximum absolute atomic E-state index is 13.4. The summed E-state index contributed by atoms with van der Waals surface area (Å²) in [6, 6.07) is 0. The lowest BCUT2D eigenvalue weighted by atomic mass is 9.64. The van der Waals surface area contributed by atoms with Gasteiger partial charge in [0.25, 0.3) is 0 Å². The van der Waals surface area contributed by atoms with Gasteiger partial charge in [-0.25, -0.2) is 0 Å². The van der Waals surface area contributed by atoms with Gasteiger partial charge in [0, 0.05) is 45.4 Å². The number of nitrogens with zero attached hydrogens (tertiary/aromatic N) is 2. The second-order valence-electron chi connectivity index (χ2n) is 6.19. The number of likely N-dealkylation sites (tertiary alicyclic amines) is 2. The lowest BCUT2D eigenvalue weighted by Gasteiger charge is -2.52. The molecule has 0 aromatic carbocycles. The molecule has 4 nitrogen and oxygen atoms in total. The van der Waals surface area contributed by atoms with E-state index in [2.05, 4.69) is 0 Å². The van der Waals surface area contributed by atoms with Gasteiger partial charge in [-0.05, 0) is 19.3 Å². The van der Waals surface area contributed by atoms with Crippen LogP contribution >= 0.6 is 0 Å². The molecule has 0 unspecified atom stereocenters. The quantitative estimate of drug-likeness (QED) is 0.687. The Bertz CT molecular complexity index is 428. The van der Waals surface area contributed by atoms with Crippen molar-refractivity contribution in [2.45, 2.75) is 39.3 Å². The van der Waals surface area contributed by atoms with Crippen LogP contribution in [0.2, 0.25) is 0 Å². The van der Waals surface area contributed by atoms with Crippen LogP contribution in [0, 0.1) is 11.3 Å². The normalized spacial score (nSPS) is 26.0. The van der Waals surface area contributed by atoms with Crippen molar-refractivity contribution in [3.63, 3.8) is 0 Å². The minimum absolute atomic E-state index is 0.0385. The predicted octanol–water partition coefficient (Wildman–Crippen LogP) is 2.05. The van der Waals surface area contributed by atoms with Gasteiger partial charge in [-0.3, -0.25) is 9.59 Å². The Morgan fingerprint density at radius 1 is 1.00 bits per heavy atom. The van der Waals surface area contributed by atoms with Gasteiger partial charge in [0.2, 0.25) is 11.8 Å². The molecular formula is C14H21F3N2O2. The fourth-order valence-electron chi connectivity index (χ4n) is 3.71. The first-order chi connectivity index (χ1) is 9.66. The molecule has 0 saturated carbocycles. The van der Waals surface area contributed by atoms with Crippen molar-refractivity contribution in [1.29, 1.82) is 0 Å². The third kappa shape index (κ3) is 3.16. The molecule has 2 heterocycles.